The second kappa shape index (κ2) is 6.78. The monoisotopic (exact) mass is 354 g/mol. The van der Waals surface area contributed by atoms with Crippen molar-refractivity contribution in [3.05, 3.63) is 70.6 Å². The van der Waals surface area contributed by atoms with E-state index in [1.807, 2.05) is 30.3 Å². The molecule has 1 aromatic heterocycles. The molecule has 3 atom stereocenters. The standard InChI is InChI=1S/C20H22N2O4/c1-20(2)16(17(20)19(25)26)18(24)21-14(13-8-4-3-5-9-13)12-22-11-7-6-10-15(22)23/h3-11,14,16-17H,12H2,1-2H3,(H,21,24)(H,25,26)/t14?,16-,17+/m1/s1. The first-order valence-corrected chi connectivity index (χ1v) is 8.56. The van der Waals surface area contributed by atoms with Crippen LogP contribution in [0.15, 0.2) is 59.5 Å². The molecule has 136 valence electrons. The van der Waals surface area contributed by atoms with Crippen LogP contribution in [0.3, 0.4) is 0 Å². The zero-order chi connectivity index (χ0) is 18.9. The molecular weight excluding hydrogens is 332 g/mol. The lowest BCUT2D eigenvalue weighted by Gasteiger charge is -2.21. The molecule has 1 aliphatic rings. The highest BCUT2D eigenvalue weighted by Crippen LogP contribution is 2.58. The van der Waals surface area contributed by atoms with Gasteiger partial charge in [-0.05, 0) is 17.0 Å². The van der Waals surface area contributed by atoms with Crippen molar-refractivity contribution >= 4 is 11.9 Å². The molecule has 0 radical (unpaired) electrons. The lowest BCUT2D eigenvalue weighted by molar-refractivity contribution is -0.140. The first-order valence-electron chi connectivity index (χ1n) is 8.56. The predicted molar refractivity (Wildman–Crippen MR) is 96.4 cm³/mol. The Morgan fingerprint density at radius 3 is 2.35 bits per heavy atom. The van der Waals surface area contributed by atoms with E-state index in [1.54, 1.807) is 32.2 Å². The van der Waals surface area contributed by atoms with E-state index < -0.39 is 29.3 Å². The molecule has 1 aliphatic carbocycles. The molecule has 6 nitrogen and oxygen atoms in total. The number of carbonyl (C=O) groups excluding carboxylic acids is 1. The highest BCUT2D eigenvalue weighted by molar-refractivity contribution is 5.91. The largest absolute Gasteiger partial charge is 0.481 e. The SMILES string of the molecule is CC1(C)[C@H](C(=O)O)[C@@H]1C(=O)NC(Cn1ccccc1=O)c1ccccc1. The van der Waals surface area contributed by atoms with Crippen LogP contribution in [-0.4, -0.2) is 21.6 Å². The molecule has 1 unspecified atom stereocenters. The van der Waals surface area contributed by atoms with Crippen LogP contribution in [0, 0.1) is 17.3 Å². The first kappa shape index (κ1) is 17.9. The van der Waals surface area contributed by atoms with Crippen LogP contribution in [0.2, 0.25) is 0 Å². The van der Waals surface area contributed by atoms with E-state index in [0.29, 0.717) is 0 Å². The van der Waals surface area contributed by atoms with Crippen molar-refractivity contribution in [1.82, 2.24) is 9.88 Å². The van der Waals surface area contributed by atoms with E-state index in [9.17, 15) is 19.5 Å². The molecule has 0 bridgehead atoms. The first-order chi connectivity index (χ1) is 12.3. The summed E-state index contributed by atoms with van der Waals surface area (Å²) < 4.78 is 1.53. The van der Waals surface area contributed by atoms with Gasteiger partial charge < -0.3 is 15.0 Å². The number of aromatic nitrogens is 1. The van der Waals surface area contributed by atoms with Gasteiger partial charge in [0, 0.05) is 12.3 Å². The maximum atomic E-state index is 12.7. The van der Waals surface area contributed by atoms with E-state index in [2.05, 4.69) is 5.32 Å². The smallest absolute Gasteiger partial charge is 0.307 e. The molecule has 1 heterocycles. The van der Waals surface area contributed by atoms with E-state index >= 15 is 0 Å². The predicted octanol–water partition coefficient (Wildman–Crippen LogP) is 2.06. The van der Waals surface area contributed by atoms with Crippen LogP contribution in [0.5, 0.6) is 0 Å². The summed E-state index contributed by atoms with van der Waals surface area (Å²) in [6.45, 7) is 3.85. The fourth-order valence-corrected chi connectivity index (χ4v) is 3.58. The van der Waals surface area contributed by atoms with Crippen molar-refractivity contribution in [2.45, 2.75) is 26.4 Å². The number of amides is 1. The van der Waals surface area contributed by atoms with Gasteiger partial charge in [-0.15, -0.1) is 0 Å². The van der Waals surface area contributed by atoms with Crippen molar-refractivity contribution in [1.29, 1.82) is 0 Å². The Bertz CT molecular complexity index is 873. The molecule has 0 aliphatic heterocycles. The molecule has 2 aromatic rings. The summed E-state index contributed by atoms with van der Waals surface area (Å²) in [5.74, 6) is -2.50. The number of rotatable bonds is 6. The van der Waals surface area contributed by atoms with Crippen LogP contribution < -0.4 is 10.9 Å². The molecule has 0 saturated heterocycles. The third-order valence-corrected chi connectivity index (χ3v) is 5.17. The number of pyridine rings is 1. The minimum Gasteiger partial charge on any atom is -0.481 e. The number of carbonyl (C=O) groups is 2. The third kappa shape index (κ3) is 3.40. The average Bonchev–Trinajstić information content (AvgIpc) is 3.20. The molecule has 1 fully saturated rings. The Labute approximate surface area is 151 Å². The Balaban J connectivity index is 1.83. The van der Waals surface area contributed by atoms with E-state index in [0.717, 1.165) is 5.56 Å². The van der Waals surface area contributed by atoms with Gasteiger partial charge in [-0.3, -0.25) is 14.4 Å². The van der Waals surface area contributed by atoms with Gasteiger partial charge >= 0.3 is 5.97 Å². The van der Waals surface area contributed by atoms with Gasteiger partial charge in [-0.25, -0.2) is 0 Å². The fourth-order valence-electron chi connectivity index (χ4n) is 3.58. The van der Waals surface area contributed by atoms with Crippen molar-refractivity contribution in [2.75, 3.05) is 0 Å². The summed E-state index contributed by atoms with van der Waals surface area (Å²) in [6.07, 6.45) is 1.67. The zero-order valence-electron chi connectivity index (χ0n) is 14.8. The number of hydrogen-bond donors (Lipinski definition) is 2. The molecule has 2 N–H and O–H groups in total. The van der Waals surface area contributed by atoms with E-state index in [4.69, 9.17) is 0 Å². The maximum Gasteiger partial charge on any atom is 0.307 e. The molecular formula is C20H22N2O4. The van der Waals surface area contributed by atoms with Gasteiger partial charge in [0.15, 0.2) is 0 Å². The summed E-state index contributed by atoms with van der Waals surface area (Å²) >= 11 is 0. The Morgan fingerprint density at radius 2 is 1.77 bits per heavy atom. The average molecular weight is 354 g/mol. The van der Waals surface area contributed by atoms with Crippen molar-refractivity contribution in [2.24, 2.45) is 17.3 Å². The lowest BCUT2D eigenvalue weighted by Crippen LogP contribution is -2.35. The highest BCUT2D eigenvalue weighted by atomic mass is 16.4. The highest BCUT2D eigenvalue weighted by Gasteiger charge is 2.66. The lowest BCUT2D eigenvalue weighted by atomic mass is 10.1. The van der Waals surface area contributed by atoms with Crippen molar-refractivity contribution < 1.29 is 14.7 Å². The van der Waals surface area contributed by atoms with Crippen molar-refractivity contribution in [3.8, 4) is 0 Å². The van der Waals surface area contributed by atoms with Gasteiger partial charge in [0.2, 0.25) is 5.91 Å². The second-order valence-electron chi connectivity index (χ2n) is 7.28. The molecule has 1 aromatic carbocycles. The van der Waals surface area contributed by atoms with Gasteiger partial charge in [-0.1, -0.05) is 50.2 Å². The van der Waals surface area contributed by atoms with Crippen LogP contribution in [0.4, 0.5) is 0 Å². The maximum absolute atomic E-state index is 12.7. The number of nitrogens with zero attached hydrogens (tertiary/aromatic N) is 1. The van der Waals surface area contributed by atoms with Gasteiger partial charge in [0.1, 0.15) is 0 Å². The van der Waals surface area contributed by atoms with Gasteiger partial charge in [0.05, 0.1) is 24.4 Å². The molecule has 3 rings (SSSR count). The summed E-state index contributed by atoms with van der Waals surface area (Å²) in [4.78, 5) is 36.1. The number of hydrogen-bond acceptors (Lipinski definition) is 3. The quantitative estimate of drug-likeness (QED) is 0.831. The molecule has 0 spiro atoms. The van der Waals surface area contributed by atoms with E-state index in [-0.39, 0.29) is 18.0 Å². The third-order valence-electron chi connectivity index (χ3n) is 5.17. The molecule has 1 saturated carbocycles. The minimum absolute atomic E-state index is 0.155. The second-order valence-corrected chi connectivity index (χ2v) is 7.28. The van der Waals surface area contributed by atoms with Crippen molar-refractivity contribution in [3.63, 3.8) is 0 Å². The fraction of sp³-hybridized carbons (Fsp3) is 0.350. The molecule has 6 heteroatoms. The Morgan fingerprint density at radius 1 is 1.12 bits per heavy atom. The van der Waals surface area contributed by atoms with Crippen LogP contribution in [0.1, 0.15) is 25.5 Å². The number of carboxylic acids is 1. The van der Waals surface area contributed by atoms with Crippen LogP contribution in [-0.2, 0) is 16.1 Å². The van der Waals surface area contributed by atoms with E-state index in [1.165, 1.54) is 10.6 Å². The summed E-state index contributed by atoms with van der Waals surface area (Å²) in [6, 6.07) is 13.8. The molecule has 26 heavy (non-hydrogen) atoms. The summed E-state index contributed by atoms with van der Waals surface area (Å²) in [7, 11) is 0. The van der Waals surface area contributed by atoms with Crippen LogP contribution in [0.25, 0.3) is 0 Å². The number of aliphatic carboxylic acids is 1. The number of carboxylic acid groups (broad SMARTS) is 1. The number of benzene rings is 1. The molecule has 1 amide bonds. The summed E-state index contributed by atoms with van der Waals surface area (Å²) in [5, 5.41) is 12.3. The summed E-state index contributed by atoms with van der Waals surface area (Å²) in [5.41, 5.74) is 0.139. The Kier molecular flexibility index (Phi) is 4.68. The normalized spacial score (nSPS) is 21.6. The number of nitrogens with one attached hydrogen (secondary N) is 1. The Hall–Kier alpha value is -2.89. The van der Waals surface area contributed by atoms with Gasteiger partial charge in [0.25, 0.3) is 5.56 Å². The van der Waals surface area contributed by atoms with Crippen LogP contribution >= 0.6 is 0 Å². The minimum atomic E-state index is -0.953. The topological polar surface area (TPSA) is 88.4 Å². The zero-order valence-corrected chi connectivity index (χ0v) is 14.8. The van der Waals surface area contributed by atoms with Gasteiger partial charge in [-0.2, -0.15) is 0 Å².